The van der Waals surface area contributed by atoms with Crippen molar-refractivity contribution in [2.45, 2.75) is 30.3 Å². The zero-order valence-corrected chi connectivity index (χ0v) is 13.7. The van der Waals surface area contributed by atoms with Gasteiger partial charge in [0.05, 0.1) is 5.25 Å². The van der Waals surface area contributed by atoms with Gasteiger partial charge in [0.15, 0.2) is 5.16 Å². The van der Waals surface area contributed by atoms with Crippen molar-refractivity contribution >= 4 is 27.7 Å². The van der Waals surface area contributed by atoms with Crippen molar-refractivity contribution in [1.29, 1.82) is 0 Å². The molecule has 2 aromatic rings. The van der Waals surface area contributed by atoms with E-state index in [-0.39, 0.29) is 16.9 Å². The molecule has 1 aromatic carbocycles. The summed E-state index contributed by atoms with van der Waals surface area (Å²) in [5.41, 5.74) is 7.75. The Morgan fingerprint density at radius 2 is 2.15 bits per heavy atom. The minimum atomic E-state index is -0.141. The summed E-state index contributed by atoms with van der Waals surface area (Å²) in [4.78, 5) is 18.6. The zero-order valence-electron chi connectivity index (χ0n) is 11.3. The summed E-state index contributed by atoms with van der Waals surface area (Å²) >= 11 is 4.94. The second-order valence-electron chi connectivity index (χ2n) is 4.64. The van der Waals surface area contributed by atoms with Crippen LogP contribution in [0.4, 0.5) is 0 Å². The van der Waals surface area contributed by atoms with Gasteiger partial charge in [0.25, 0.3) is 5.56 Å². The molecule has 0 bridgehead atoms. The normalized spacial score (nSPS) is 14.0. The predicted molar refractivity (Wildman–Crippen MR) is 86.0 cm³/mol. The monoisotopic (exact) mass is 353 g/mol. The first-order valence-electron chi connectivity index (χ1n) is 6.21. The first-order chi connectivity index (χ1) is 9.45. The molecule has 4 nitrogen and oxygen atoms in total. The minimum Gasteiger partial charge on any atom is -0.327 e. The van der Waals surface area contributed by atoms with Crippen molar-refractivity contribution in [3.05, 3.63) is 56.4 Å². The number of aryl methyl sites for hydroxylation is 1. The molecule has 1 aromatic heterocycles. The lowest BCUT2D eigenvalue weighted by atomic mass is 10.1. The van der Waals surface area contributed by atoms with E-state index in [1.165, 1.54) is 17.8 Å². The maximum absolute atomic E-state index is 11.5. The van der Waals surface area contributed by atoms with Crippen molar-refractivity contribution < 1.29 is 0 Å². The Morgan fingerprint density at radius 3 is 2.75 bits per heavy atom. The lowest BCUT2D eigenvalue weighted by molar-refractivity contribution is 0.716. The molecule has 0 spiro atoms. The van der Waals surface area contributed by atoms with Crippen LogP contribution < -0.4 is 11.3 Å². The maximum Gasteiger partial charge on any atom is 0.251 e. The fourth-order valence-corrected chi connectivity index (χ4v) is 3.40. The highest BCUT2D eigenvalue weighted by atomic mass is 79.9. The fraction of sp³-hybridized carbons (Fsp3) is 0.286. The molecule has 0 aliphatic rings. The molecule has 2 rings (SSSR count). The van der Waals surface area contributed by atoms with E-state index in [0.29, 0.717) is 10.9 Å². The molecule has 0 radical (unpaired) electrons. The van der Waals surface area contributed by atoms with E-state index in [4.69, 9.17) is 5.73 Å². The van der Waals surface area contributed by atoms with Gasteiger partial charge in [-0.3, -0.25) is 4.79 Å². The van der Waals surface area contributed by atoms with E-state index in [1.54, 1.807) is 6.92 Å². The van der Waals surface area contributed by atoms with Crippen LogP contribution in [0.25, 0.3) is 0 Å². The first-order valence-corrected chi connectivity index (χ1v) is 7.88. The van der Waals surface area contributed by atoms with Crippen LogP contribution in [-0.2, 0) is 0 Å². The number of aromatic nitrogens is 2. The third-order valence-corrected chi connectivity index (χ3v) is 4.61. The van der Waals surface area contributed by atoms with Gasteiger partial charge in [-0.1, -0.05) is 39.8 Å². The van der Waals surface area contributed by atoms with Crippen LogP contribution in [0.2, 0.25) is 0 Å². The molecule has 0 saturated heterocycles. The molecule has 0 aliphatic carbocycles. The van der Waals surface area contributed by atoms with Crippen LogP contribution in [0.1, 0.15) is 23.4 Å². The Morgan fingerprint density at radius 1 is 1.40 bits per heavy atom. The number of nitrogens with two attached hydrogens (primary N) is 1. The molecule has 0 saturated carbocycles. The van der Waals surface area contributed by atoms with Gasteiger partial charge in [-0.2, -0.15) is 0 Å². The van der Waals surface area contributed by atoms with Gasteiger partial charge < -0.3 is 10.7 Å². The Hall–Kier alpha value is -1.11. The van der Waals surface area contributed by atoms with Crippen LogP contribution in [0.5, 0.6) is 0 Å². The van der Waals surface area contributed by atoms with Crippen LogP contribution in [0.3, 0.4) is 0 Å². The predicted octanol–water partition coefficient (Wildman–Crippen LogP) is 3.02. The molecule has 2 atom stereocenters. The standard InChI is InChI=1S/C14H16BrN3OS/c1-8-6-12(19)18-14(17-8)20-13(9(2)16)10-4-3-5-11(15)7-10/h3-7,9,13H,16H2,1-2H3,(H,17,18,19). The highest BCUT2D eigenvalue weighted by molar-refractivity contribution is 9.10. The van der Waals surface area contributed by atoms with Crippen molar-refractivity contribution in [2.75, 3.05) is 0 Å². The topological polar surface area (TPSA) is 71.8 Å². The number of nitrogens with zero attached hydrogens (tertiary/aromatic N) is 1. The molecule has 1 heterocycles. The summed E-state index contributed by atoms with van der Waals surface area (Å²) in [6.07, 6.45) is 0. The highest BCUT2D eigenvalue weighted by Gasteiger charge is 2.19. The van der Waals surface area contributed by atoms with Gasteiger partial charge in [0.1, 0.15) is 0 Å². The second kappa shape index (κ2) is 6.56. The van der Waals surface area contributed by atoms with Crippen LogP contribution in [-0.4, -0.2) is 16.0 Å². The number of benzene rings is 1. The smallest absolute Gasteiger partial charge is 0.251 e. The number of aromatic amines is 1. The van der Waals surface area contributed by atoms with Gasteiger partial charge in [-0.15, -0.1) is 0 Å². The average Bonchev–Trinajstić information content (AvgIpc) is 2.34. The number of halogens is 1. The first kappa shape index (κ1) is 15.3. The van der Waals surface area contributed by atoms with Crippen LogP contribution >= 0.6 is 27.7 Å². The van der Waals surface area contributed by atoms with E-state index in [0.717, 1.165) is 10.0 Å². The fourth-order valence-electron chi connectivity index (χ4n) is 1.89. The largest absolute Gasteiger partial charge is 0.327 e. The number of H-pyrrole nitrogens is 1. The average molecular weight is 354 g/mol. The number of thioether (sulfide) groups is 1. The Kier molecular flexibility index (Phi) is 5.01. The molecule has 2 unspecified atom stereocenters. The molecule has 20 heavy (non-hydrogen) atoms. The van der Waals surface area contributed by atoms with Crippen molar-refractivity contribution in [3.8, 4) is 0 Å². The lowest BCUT2D eigenvalue weighted by Gasteiger charge is -2.20. The minimum absolute atomic E-state index is 0.0254. The summed E-state index contributed by atoms with van der Waals surface area (Å²) < 4.78 is 1.01. The molecule has 0 fully saturated rings. The zero-order chi connectivity index (χ0) is 14.7. The van der Waals surface area contributed by atoms with Gasteiger partial charge in [0.2, 0.25) is 0 Å². The summed E-state index contributed by atoms with van der Waals surface area (Å²) in [6, 6.07) is 9.42. The SMILES string of the molecule is Cc1cc(=O)[nH]c(SC(c2cccc(Br)c2)C(C)N)n1. The summed E-state index contributed by atoms with van der Waals surface area (Å²) in [5.74, 6) is 0. The summed E-state index contributed by atoms with van der Waals surface area (Å²) in [6.45, 7) is 3.76. The van der Waals surface area contributed by atoms with Crippen LogP contribution in [0.15, 0.2) is 44.8 Å². The Balaban J connectivity index is 2.32. The quantitative estimate of drug-likeness (QED) is 0.654. The van der Waals surface area contributed by atoms with Crippen molar-refractivity contribution in [2.24, 2.45) is 5.73 Å². The number of rotatable bonds is 4. The van der Waals surface area contributed by atoms with E-state index in [1.807, 2.05) is 31.2 Å². The molecule has 6 heteroatoms. The molecule has 106 valence electrons. The number of nitrogens with one attached hydrogen (secondary N) is 1. The van der Waals surface area contributed by atoms with Gasteiger partial charge in [-0.05, 0) is 31.5 Å². The summed E-state index contributed by atoms with van der Waals surface area (Å²) in [7, 11) is 0. The Labute approximate surface area is 130 Å². The summed E-state index contributed by atoms with van der Waals surface area (Å²) in [5, 5.41) is 0.620. The molecular weight excluding hydrogens is 338 g/mol. The van der Waals surface area contributed by atoms with Gasteiger partial charge in [0, 0.05) is 22.3 Å². The molecule has 0 amide bonds. The molecule has 3 N–H and O–H groups in total. The van der Waals surface area contributed by atoms with E-state index < -0.39 is 0 Å². The molecule has 0 aliphatic heterocycles. The highest BCUT2D eigenvalue weighted by Crippen LogP contribution is 2.35. The Bertz CT molecular complexity index is 657. The van der Waals surface area contributed by atoms with Gasteiger partial charge in [-0.25, -0.2) is 4.98 Å². The van der Waals surface area contributed by atoms with Crippen LogP contribution in [0, 0.1) is 6.92 Å². The molecular formula is C14H16BrN3OS. The lowest BCUT2D eigenvalue weighted by Crippen LogP contribution is -2.23. The van der Waals surface area contributed by atoms with Crippen molar-refractivity contribution in [3.63, 3.8) is 0 Å². The maximum atomic E-state index is 11.5. The number of hydrogen-bond donors (Lipinski definition) is 2. The van der Waals surface area contributed by atoms with E-state index in [9.17, 15) is 4.79 Å². The van der Waals surface area contributed by atoms with E-state index in [2.05, 4.69) is 25.9 Å². The third kappa shape index (κ3) is 3.94. The number of hydrogen-bond acceptors (Lipinski definition) is 4. The third-order valence-electron chi connectivity index (χ3n) is 2.74. The van der Waals surface area contributed by atoms with Gasteiger partial charge >= 0.3 is 0 Å². The van der Waals surface area contributed by atoms with E-state index >= 15 is 0 Å². The van der Waals surface area contributed by atoms with Crippen molar-refractivity contribution in [1.82, 2.24) is 9.97 Å². The second-order valence-corrected chi connectivity index (χ2v) is 6.69.